The lowest BCUT2D eigenvalue weighted by atomic mass is 9.97. The van der Waals surface area contributed by atoms with E-state index in [9.17, 15) is 18.0 Å². The molecule has 2 N–H and O–H groups in total. The molecule has 0 unspecified atom stereocenters. The van der Waals surface area contributed by atoms with Gasteiger partial charge in [-0.2, -0.15) is 4.31 Å². The molecular formula is C24H29N3O4S. The molecule has 2 amide bonds. The van der Waals surface area contributed by atoms with Crippen LogP contribution in [-0.4, -0.2) is 37.6 Å². The standard InChI is InChI=1S/C24H29N3O4S/c1-16-6-7-17(2)22(14-16)26-24(29)18-10-12-27(13-11-18)32(30,31)20-8-9-21-19(15-20)4-3-5-23(28)25-21/h6-9,14-15,18H,3-5,10-13H2,1-2H3,(H,25,28)(H,26,29). The van der Waals surface area contributed by atoms with E-state index < -0.39 is 10.0 Å². The average molecular weight is 456 g/mol. The van der Waals surface area contributed by atoms with Crippen LogP contribution < -0.4 is 10.6 Å². The van der Waals surface area contributed by atoms with Crippen LogP contribution in [0.2, 0.25) is 0 Å². The van der Waals surface area contributed by atoms with E-state index in [2.05, 4.69) is 10.6 Å². The second kappa shape index (κ2) is 9.03. The van der Waals surface area contributed by atoms with Crippen molar-refractivity contribution in [1.82, 2.24) is 4.31 Å². The highest BCUT2D eigenvalue weighted by Gasteiger charge is 2.32. The number of benzene rings is 2. The molecule has 0 atom stereocenters. The van der Waals surface area contributed by atoms with E-state index in [1.807, 2.05) is 32.0 Å². The van der Waals surface area contributed by atoms with Crippen molar-refractivity contribution in [3.8, 4) is 0 Å². The van der Waals surface area contributed by atoms with E-state index >= 15 is 0 Å². The monoisotopic (exact) mass is 455 g/mol. The Morgan fingerprint density at radius 1 is 1.06 bits per heavy atom. The van der Waals surface area contributed by atoms with Crippen molar-refractivity contribution < 1.29 is 18.0 Å². The van der Waals surface area contributed by atoms with Crippen LogP contribution in [0.25, 0.3) is 0 Å². The molecule has 8 heteroatoms. The molecule has 1 saturated heterocycles. The van der Waals surface area contributed by atoms with Crippen molar-refractivity contribution in [3.05, 3.63) is 53.1 Å². The third-order valence-corrected chi connectivity index (χ3v) is 8.21. The van der Waals surface area contributed by atoms with Crippen LogP contribution in [0.4, 0.5) is 11.4 Å². The number of fused-ring (bicyclic) bond motifs is 1. The van der Waals surface area contributed by atoms with Crippen LogP contribution >= 0.6 is 0 Å². The highest BCUT2D eigenvalue weighted by atomic mass is 32.2. The number of rotatable bonds is 4. The van der Waals surface area contributed by atoms with E-state index in [0.29, 0.717) is 50.9 Å². The van der Waals surface area contributed by atoms with E-state index in [4.69, 9.17) is 0 Å². The van der Waals surface area contributed by atoms with Gasteiger partial charge in [-0.15, -0.1) is 0 Å². The zero-order chi connectivity index (χ0) is 22.9. The van der Waals surface area contributed by atoms with Gasteiger partial charge in [0.05, 0.1) is 4.90 Å². The van der Waals surface area contributed by atoms with Crippen molar-refractivity contribution in [2.24, 2.45) is 5.92 Å². The number of amides is 2. The van der Waals surface area contributed by atoms with Crippen LogP contribution in [-0.2, 0) is 26.0 Å². The number of aryl methyl sites for hydroxylation is 3. The second-order valence-corrected chi connectivity index (χ2v) is 10.6. The predicted molar refractivity (Wildman–Crippen MR) is 124 cm³/mol. The SMILES string of the molecule is Cc1ccc(C)c(NC(=O)C2CCN(S(=O)(=O)c3ccc4c(c3)CCCC(=O)N4)CC2)c1. The molecule has 4 rings (SSSR count). The zero-order valence-corrected chi connectivity index (χ0v) is 19.3. The first-order valence-corrected chi connectivity index (χ1v) is 12.5. The number of hydrogen-bond acceptors (Lipinski definition) is 4. The summed E-state index contributed by atoms with van der Waals surface area (Å²) in [6.45, 7) is 4.55. The molecule has 2 aromatic carbocycles. The lowest BCUT2D eigenvalue weighted by molar-refractivity contribution is -0.121. The van der Waals surface area contributed by atoms with Gasteiger partial charge in [0.15, 0.2) is 0 Å². The van der Waals surface area contributed by atoms with Gasteiger partial charge in [0, 0.05) is 36.8 Å². The molecule has 2 aliphatic heterocycles. The molecule has 7 nitrogen and oxygen atoms in total. The molecule has 0 bridgehead atoms. The van der Waals surface area contributed by atoms with Crippen molar-refractivity contribution in [1.29, 1.82) is 0 Å². The minimum atomic E-state index is -3.65. The van der Waals surface area contributed by atoms with E-state index in [1.165, 1.54) is 4.31 Å². The Labute approximate surface area is 189 Å². The molecule has 0 spiro atoms. The summed E-state index contributed by atoms with van der Waals surface area (Å²) in [7, 11) is -3.65. The third kappa shape index (κ3) is 4.71. The summed E-state index contributed by atoms with van der Waals surface area (Å²) in [6.07, 6.45) is 2.77. The van der Waals surface area contributed by atoms with Gasteiger partial charge in [-0.3, -0.25) is 9.59 Å². The number of hydrogen-bond donors (Lipinski definition) is 2. The maximum atomic E-state index is 13.2. The van der Waals surface area contributed by atoms with Crippen molar-refractivity contribution in [3.63, 3.8) is 0 Å². The summed E-state index contributed by atoms with van der Waals surface area (Å²) in [5.74, 6) is -0.319. The van der Waals surface area contributed by atoms with Gasteiger partial charge in [-0.25, -0.2) is 8.42 Å². The number of piperidine rings is 1. The molecule has 0 radical (unpaired) electrons. The van der Waals surface area contributed by atoms with E-state index in [0.717, 1.165) is 22.4 Å². The maximum absolute atomic E-state index is 13.2. The number of nitrogens with zero attached hydrogens (tertiary/aromatic N) is 1. The van der Waals surface area contributed by atoms with Crippen LogP contribution in [0.15, 0.2) is 41.3 Å². The Morgan fingerprint density at radius 2 is 1.81 bits per heavy atom. The summed E-state index contributed by atoms with van der Waals surface area (Å²) in [5.41, 5.74) is 4.42. The summed E-state index contributed by atoms with van der Waals surface area (Å²) < 4.78 is 27.9. The van der Waals surface area contributed by atoms with Gasteiger partial charge in [0.2, 0.25) is 21.8 Å². The molecular weight excluding hydrogens is 426 g/mol. The normalized spacial score (nSPS) is 17.9. The molecule has 2 heterocycles. The van der Waals surface area contributed by atoms with Crippen LogP contribution in [0, 0.1) is 19.8 Å². The summed E-state index contributed by atoms with van der Waals surface area (Å²) in [6, 6.07) is 10.8. The van der Waals surface area contributed by atoms with Crippen LogP contribution in [0.5, 0.6) is 0 Å². The van der Waals surface area contributed by atoms with Crippen LogP contribution in [0.1, 0.15) is 42.4 Å². The molecule has 0 aromatic heterocycles. The Kier molecular flexibility index (Phi) is 6.35. The quantitative estimate of drug-likeness (QED) is 0.736. The zero-order valence-electron chi connectivity index (χ0n) is 18.5. The molecule has 170 valence electrons. The lowest BCUT2D eigenvalue weighted by Crippen LogP contribution is -2.41. The van der Waals surface area contributed by atoms with Crippen molar-refractivity contribution in [2.75, 3.05) is 23.7 Å². The minimum Gasteiger partial charge on any atom is -0.326 e. The predicted octanol–water partition coefficient (Wildman–Crippen LogP) is 3.62. The number of anilines is 2. The molecule has 0 aliphatic carbocycles. The highest BCUT2D eigenvalue weighted by molar-refractivity contribution is 7.89. The number of nitrogens with one attached hydrogen (secondary N) is 2. The molecule has 0 saturated carbocycles. The van der Waals surface area contributed by atoms with Gasteiger partial charge >= 0.3 is 0 Å². The second-order valence-electron chi connectivity index (χ2n) is 8.71. The first kappa shape index (κ1) is 22.5. The third-order valence-electron chi connectivity index (χ3n) is 6.31. The van der Waals surface area contributed by atoms with Gasteiger partial charge in [0.1, 0.15) is 0 Å². The van der Waals surface area contributed by atoms with Crippen molar-refractivity contribution in [2.45, 2.75) is 50.8 Å². The van der Waals surface area contributed by atoms with Crippen molar-refractivity contribution >= 4 is 33.2 Å². The summed E-state index contributed by atoms with van der Waals surface area (Å²) in [4.78, 5) is 24.7. The maximum Gasteiger partial charge on any atom is 0.243 e. The molecule has 2 aromatic rings. The fourth-order valence-corrected chi connectivity index (χ4v) is 5.85. The van der Waals surface area contributed by atoms with E-state index in [-0.39, 0.29) is 22.6 Å². The minimum absolute atomic E-state index is 0.0411. The van der Waals surface area contributed by atoms with Gasteiger partial charge in [0.25, 0.3) is 0 Å². The van der Waals surface area contributed by atoms with Gasteiger partial charge in [-0.1, -0.05) is 12.1 Å². The highest BCUT2D eigenvalue weighted by Crippen LogP contribution is 2.29. The topological polar surface area (TPSA) is 95.6 Å². The van der Waals surface area contributed by atoms with Gasteiger partial charge < -0.3 is 10.6 Å². The largest absolute Gasteiger partial charge is 0.326 e. The molecule has 2 aliphatic rings. The molecule has 32 heavy (non-hydrogen) atoms. The van der Waals surface area contributed by atoms with Crippen LogP contribution in [0.3, 0.4) is 0 Å². The van der Waals surface area contributed by atoms with E-state index in [1.54, 1.807) is 18.2 Å². The van der Waals surface area contributed by atoms with Gasteiger partial charge in [-0.05, 0) is 80.5 Å². The first-order chi connectivity index (χ1) is 15.2. The Bertz CT molecular complexity index is 1150. The smallest absolute Gasteiger partial charge is 0.243 e. The Balaban J connectivity index is 1.42. The Morgan fingerprint density at radius 3 is 2.56 bits per heavy atom. The molecule has 1 fully saturated rings. The fraction of sp³-hybridized carbons (Fsp3) is 0.417. The number of sulfonamides is 1. The fourth-order valence-electron chi connectivity index (χ4n) is 4.32. The first-order valence-electron chi connectivity index (χ1n) is 11.0. The Hall–Kier alpha value is -2.71. The summed E-state index contributed by atoms with van der Waals surface area (Å²) in [5, 5.41) is 5.84. The number of carbonyl (C=O) groups is 2. The number of carbonyl (C=O) groups excluding carboxylic acids is 2. The lowest BCUT2D eigenvalue weighted by Gasteiger charge is -2.31. The summed E-state index contributed by atoms with van der Waals surface area (Å²) >= 11 is 0. The average Bonchev–Trinajstić information content (AvgIpc) is 2.96.